The summed E-state index contributed by atoms with van der Waals surface area (Å²) in [6.07, 6.45) is 7.84. The van der Waals surface area contributed by atoms with Gasteiger partial charge in [0.05, 0.1) is 11.9 Å². The first-order valence-corrected chi connectivity index (χ1v) is 6.68. The molecule has 1 aliphatic carbocycles. The second-order valence-corrected chi connectivity index (χ2v) is 5.60. The summed E-state index contributed by atoms with van der Waals surface area (Å²) in [6.45, 7) is 5.79. The van der Waals surface area contributed by atoms with Gasteiger partial charge in [-0.25, -0.2) is 0 Å². The summed E-state index contributed by atoms with van der Waals surface area (Å²) < 4.78 is 0. The van der Waals surface area contributed by atoms with E-state index in [0.29, 0.717) is 5.54 Å². The molecule has 0 spiro atoms. The van der Waals surface area contributed by atoms with Crippen molar-refractivity contribution < 1.29 is 0 Å². The number of rotatable bonds is 2. The van der Waals surface area contributed by atoms with Gasteiger partial charge in [-0.2, -0.15) is 0 Å². The van der Waals surface area contributed by atoms with E-state index in [-0.39, 0.29) is 0 Å². The molecular formula is C14H21N3. The minimum Gasteiger partial charge on any atom is -0.368 e. The molecule has 1 atom stereocenters. The average Bonchev–Trinajstić information content (AvgIpc) is 3.17. The first kappa shape index (κ1) is 11.0. The molecule has 1 aliphatic heterocycles. The second kappa shape index (κ2) is 4.30. The highest BCUT2D eigenvalue weighted by atomic mass is 15.2. The third-order valence-electron chi connectivity index (χ3n) is 4.14. The van der Waals surface area contributed by atoms with Gasteiger partial charge < -0.3 is 10.2 Å². The number of hydrogen-bond donors (Lipinski definition) is 1. The number of pyridine rings is 1. The maximum atomic E-state index is 4.24. The lowest BCUT2D eigenvalue weighted by atomic mass is 9.95. The van der Waals surface area contributed by atoms with E-state index in [1.54, 1.807) is 0 Å². The Kier molecular flexibility index (Phi) is 2.79. The van der Waals surface area contributed by atoms with Crippen LogP contribution in [-0.4, -0.2) is 30.2 Å². The van der Waals surface area contributed by atoms with Crippen LogP contribution in [0.3, 0.4) is 0 Å². The SMILES string of the molecule is CC1(C2CC2)CN(c2cccnc2)CCCN1. The molecule has 17 heavy (non-hydrogen) atoms. The van der Waals surface area contributed by atoms with Crippen molar-refractivity contribution in [3.8, 4) is 0 Å². The fourth-order valence-corrected chi connectivity index (χ4v) is 2.93. The van der Waals surface area contributed by atoms with Crippen LogP contribution in [0.15, 0.2) is 24.5 Å². The zero-order chi connectivity index (χ0) is 11.7. The number of aromatic nitrogens is 1. The largest absolute Gasteiger partial charge is 0.368 e. The van der Waals surface area contributed by atoms with Crippen molar-refractivity contribution in [3.63, 3.8) is 0 Å². The summed E-state index contributed by atoms with van der Waals surface area (Å²) in [6, 6.07) is 4.20. The lowest BCUT2D eigenvalue weighted by molar-refractivity contribution is 0.331. The highest BCUT2D eigenvalue weighted by Crippen LogP contribution is 2.41. The fourth-order valence-electron chi connectivity index (χ4n) is 2.93. The van der Waals surface area contributed by atoms with Gasteiger partial charge in [-0.1, -0.05) is 0 Å². The van der Waals surface area contributed by atoms with Crippen LogP contribution in [0.1, 0.15) is 26.2 Å². The Morgan fingerprint density at radius 1 is 1.47 bits per heavy atom. The normalized spacial score (nSPS) is 30.1. The Bertz CT molecular complexity index is 374. The highest BCUT2D eigenvalue weighted by molar-refractivity contribution is 5.44. The number of nitrogens with one attached hydrogen (secondary N) is 1. The molecule has 2 fully saturated rings. The monoisotopic (exact) mass is 231 g/mol. The minimum absolute atomic E-state index is 0.298. The van der Waals surface area contributed by atoms with Crippen molar-refractivity contribution in [2.45, 2.75) is 31.7 Å². The van der Waals surface area contributed by atoms with E-state index in [1.807, 2.05) is 18.5 Å². The molecular weight excluding hydrogens is 210 g/mol. The molecule has 3 nitrogen and oxygen atoms in total. The Labute approximate surface area is 103 Å². The van der Waals surface area contributed by atoms with Gasteiger partial charge >= 0.3 is 0 Å². The first-order chi connectivity index (χ1) is 8.28. The molecule has 0 aromatic carbocycles. The van der Waals surface area contributed by atoms with Crippen LogP contribution in [0.25, 0.3) is 0 Å². The summed E-state index contributed by atoms with van der Waals surface area (Å²) in [5.41, 5.74) is 1.56. The molecule has 1 N–H and O–H groups in total. The van der Waals surface area contributed by atoms with Crippen LogP contribution < -0.4 is 10.2 Å². The molecule has 2 heterocycles. The first-order valence-electron chi connectivity index (χ1n) is 6.68. The lowest BCUT2D eigenvalue weighted by Gasteiger charge is -2.34. The zero-order valence-corrected chi connectivity index (χ0v) is 10.5. The van der Waals surface area contributed by atoms with E-state index in [4.69, 9.17) is 0 Å². The summed E-state index contributed by atoms with van der Waals surface area (Å²) in [4.78, 5) is 6.73. The van der Waals surface area contributed by atoms with Gasteiger partial charge in [0.15, 0.2) is 0 Å². The summed E-state index contributed by atoms with van der Waals surface area (Å²) in [5, 5.41) is 3.76. The maximum absolute atomic E-state index is 4.24. The predicted octanol–water partition coefficient (Wildman–Crippen LogP) is 2.05. The summed E-state index contributed by atoms with van der Waals surface area (Å²) in [7, 11) is 0. The smallest absolute Gasteiger partial charge is 0.0553 e. The van der Waals surface area contributed by atoms with E-state index >= 15 is 0 Å². The van der Waals surface area contributed by atoms with Gasteiger partial charge in [-0.15, -0.1) is 0 Å². The van der Waals surface area contributed by atoms with Crippen LogP contribution in [0.5, 0.6) is 0 Å². The zero-order valence-electron chi connectivity index (χ0n) is 10.5. The topological polar surface area (TPSA) is 28.2 Å². The van der Waals surface area contributed by atoms with Gasteiger partial charge in [0, 0.05) is 24.8 Å². The standard InChI is InChI=1S/C14H21N3/c1-14(12-5-6-12)11-17(9-3-8-16-14)13-4-2-7-15-10-13/h2,4,7,10,12,16H,3,5-6,8-9,11H2,1H3. The molecule has 0 radical (unpaired) electrons. The van der Waals surface area contributed by atoms with Crippen LogP contribution in [0.4, 0.5) is 5.69 Å². The number of hydrogen-bond acceptors (Lipinski definition) is 3. The molecule has 1 saturated carbocycles. The van der Waals surface area contributed by atoms with Crippen LogP contribution >= 0.6 is 0 Å². The molecule has 3 heteroatoms. The molecule has 0 bridgehead atoms. The van der Waals surface area contributed by atoms with Crippen LogP contribution in [-0.2, 0) is 0 Å². The molecule has 3 rings (SSSR count). The quantitative estimate of drug-likeness (QED) is 0.844. The molecule has 0 amide bonds. The Hall–Kier alpha value is -1.09. The molecule has 1 aromatic heterocycles. The van der Waals surface area contributed by atoms with Crippen LogP contribution in [0, 0.1) is 5.92 Å². The lowest BCUT2D eigenvalue weighted by Crippen LogP contribution is -2.51. The molecule has 2 aliphatic rings. The second-order valence-electron chi connectivity index (χ2n) is 5.60. The van der Waals surface area contributed by atoms with E-state index in [0.717, 1.165) is 25.6 Å². The Morgan fingerprint density at radius 2 is 2.35 bits per heavy atom. The van der Waals surface area contributed by atoms with E-state index < -0.39 is 0 Å². The summed E-state index contributed by atoms with van der Waals surface area (Å²) in [5.74, 6) is 0.875. The van der Waals surface area contributed by atoms with Gasteiger partial charge in [0.25, 0.3) is 0 Å². The third-order valence-corrected chi connectivity index (χ3v) is 4.14. The van der Waals surface area contributed by atoms with Crippen molar-refractivity contribution in [1.29, 1.82) is 0 Å². The van der Waals surface area contributed by atoms with Crippen molar-refractivity contribution >= 4 is 5.69 Å². The average molecular weight is 231 g/mol. The van der Waals surface area contributed by atoms with Gasteiger partial charge in [-0.05, 0) is 50.8 Å². The molecule has 1 unspecified atom stereocenters. The van der Waals surface area contributed by atoms with Gasteiger partial charge in [-0.3, -0.25) is 4.98 Å². The Balaban J connectivity index is 1.80. The van der Waals surface area contributed by atoms with E-state index in [2.05, 4.69) is 28.2 Å². The highest BCUT2D eigenvalue weighted by Gasteiger charge is 2.43. The van der Waals surface area contributed by atoms with Gasteiger partial charge in [0.2, 0.25) is 0 Å². The van der Waals surface area contributed by atoms with E-state index in [1.165, 1.54) is 24.9 Å². The van der Waals surface area contributed by atoms with Gasteiger partial charge in [0.1, 0.15) is 0 Å². The van der Waals surface area contributed by atoms with E-state index in [9.17, 15) is 0 Å². The number of anilines is 1. The van der Waals surface area contributed by atoms with Crippen molar-refractivity contribution in [3.05, 3.63) is 24.5 Å². The summed E-state index contributed by atoms with van der Waals surface area (Å²) >= 11 is 0. The van der Waals surface area contributed by atoms with Crippen molar-refractivity contribution in [1.82, 2.24) is 10.3 Å². The maximum Gasteiger partial charge on any atom is 0.0553 e. The Morgan fingerprint density at radius 3 is 3.06 bits per heavy atom. The fraction of sp³-hybridized carbons (Fsp3) is 0.643. The third kappa shape index (κ3) is 2.29. The molecule has 92 valence electrons. The van der Waals surface area contributed by atoms with Crippen molar-refractivity contribution in [2.24, 2.45) is 5.92 Å². The minimum atomic E-state index is 0.298. The molecule has 1 aromatic rings. The number of nitrogens with zero attached hydrogens (tertiary/aromatic N) is 2. The van der Waals surface area contributed by atoms with Crippen LogP contribution in [0.2, 0.25) is 0 Å². The predicted molar refractivity (Wildman–Crippen MR) is 70.2 cm³/mol. The van der Waals surface area contributed by atoms with Crippen molar-refractivity contribution in [2.75, 3.05) is 24.5 Å². The molecule has 1 saturated heterocycles.